The summed E-state index contributed by atoms with van der Waals surface area (Å²) in [5.41, 5.74) is -1.83. The molecule has 0 aliphatic heterocycles. The smallest absolute Gasteiger partial charge is 0.341 e. The van der Waals surface area contributed by atoms with Crippen LogP contribution in [0.4, 0.5) is 13.2 Å². The molecule has 0 aliphatic carbocycles. The zero-order valence-corrected chi connectivity index (χ0v) is 7.67. The second kappa shape index (κ2) is 3.48. The van der Waals surface area contributed by atoms with Gasteiger partial charge < -0.3 is 5.11 Å². The molecule has 1 aromatic carbocycles. The quantitative estimate of drug-likeness (QED) is 0.760. The minimum atomic E-state index is -1.86. The minimum absolute atomic E-state index is 0.362. The van der Waals surface area contributed by atoms with Crippen molar-refractivity contribution in [3.63, 3.8) is 0 Å². The van der Waals surface area contributed by atoms with Gasteiger partial charge in [0.1, 0.15) is 16.9 Å². The molecule has 16 heavy (non-hydrogen) atoms. The summed E-state index contributed by atoms with van der Waals surface area (Å²) in [5, 5.41) is 8.20. The number of pyridine rings is 1. The first-order chi connectivity index (χ1) is 7.54. The largest absolute Gasteiger partial charge is 0.477 e. The van der Waals surface area contributed by atoms with Crippen LogP contribution < -0.4 is 0 Å². The first kappa shape index (κ1) is 10.4. The normalized spacial score (nSPS) is 10.7. The third kappa shape index (κ3) is 1.30. The van der Waals surface area contributed by atoms with Crippen molar-refractivity contribution < 1.29 is 23.1 Å². The molecule has 0 spiro atoms. The summed E-state index contributed by atoms with van der Waals surface area (Å²) in [4.78, 5) is 14.0. The molecule has 1 N–H and O–H groups in total. The van der Waals surface area contributed by atoms with Crippen molar-refractivity contribution in [1.82, 2.24) is 4.98 Å². The second-order valence-electron chi connectivity index (χ2n) is 3.02. The highest BCUT2D eigenvalue weighted by Crippen LogP contribution is 2.25. The Labute approximate surface area is 87.2 Å². The summed E-state index contributed by atoms with van der Waals surface area (Å²) in [5.74, 6) is -6.39. The number of hydrogen-bond acceptors (Lipinski definition) is 2. The van der Waals surface area contributed by atoms with E-state index in [-0.39, 0.29) is 5.39 Å². The SMILES string of the molecule is O=C(O)c1c(F)c(F)c2ncccc2c1F. The van der Waals surface area contributed by atoms with Gasteiger partial charge in [0.15, 0.2) is 11.6 Å². The molecule has 0 bridgehead atoms. The molecule has 0 radical (unpaired) electrons. The number of hydrogen-bond donors (Lipinski definition) is 1. The standard InChI is InChI=1S/C10H4F3NO2/c11-6-4-2-1-3-14-9(4)8(13)7(12)5(6)10(15)16/h1-3H,(H,15,16). The summed E-state index contributed by atoms with van der Waals surface area (Å²) in [6.45, 7) is 0. The number of nitrogens with zero attached hydrogens (tertiary/aromatic N) is 1. The highest BCUT2D eigenvalue weighted by atomic mass is 19.2. The number of rotatable bonds is 1. The third-order valence-electron chi connectivity index (χ3n) is 2.10. The maximum Gasteiger partial charge on any atom is 0.341 e. The molecule has 2 rings (SSSR count). The number of fused-ring (bicyclic) bond motifs is 1. The van der Waals surface area contributed by atoms with E-state index in [1.807, 2.05) is 0 Å². The molecule has 2 aromatic rings. The fourth-order valence-corrected chi connectivity index (χ4v) is 1.39. The monoisotopic (exact) mass is 227 g/mol. The molecule has 0 unspecified atom stereocenters. The number of aromatic carboxylic acids is 1. The summed E-state index contributed by atoms with van der Waals surface area (Å²) in [6.07, 6.45) is 1.16. The summed E-state index contributed by atoms with van der Waals surface area (Å²) >= 11 is 0. The van der Waals surface area contributed by atoms with Crippen LogP contribution in [0.25, 0.3) is 10.9 Å². The van der Waals surface area contributed by atoms with Gasteiger partial charge in [-0.25, -0.2) is 18.0 Å². The third-order valence-corrected chi connectivity index (χ3v) is 2.10. The van der Waals surface area contributed by atoms with Crippen molar-refractivity contribution in [3.8, 4) is 0 Å². The van der Waals surface area contributed by atoms with Gasteiger partial charge in [-0.3, -0.25) is 4.98 Å². The van der Waals surface area contributed by atoms with Crippen LogP contribution in [0, 0.1) is 17.5 Å². The molecule has 3 nitrogen and oxygen atoms in total. The molecular formula is C10H4F3NO2. The fraction of sp³-hybridized carbons (Fsp3) is 0. The number of carboxylic acids is 1. The van der Waals surface area contributed by atoms with Crippen LogP contribution in [-0.2, 0) is 0 Å². The topological polar surface area (TPSA) is 50.2 Å². The molecule has 0 atom stereocenters. The van der Waals surface area contributed by atoms with Crippen molar-refractivity contribution in [1.29, 1.82) is 0 Å². The fourth-order valence-electron chi connectivity index (χ4n) is 1.39. The van der Waals surface area contributed by atoms with Gasteiger partial charge in [-0.15, -0.1) is 0 Å². The Bertz CT molecular complexity index is 598. The summed E-state index contributed by atoms with van der Waals surface area (Å²) in [6, 6.07) is 2.43. The number of aromatic nitrogens is 1. The molecule has 82 valence electrons. The maximum atomic E-state index is 13.5. The first-order valence-corrected chi connectivity index (χ1v) is 4.18. The van der Waals surface area contributed by atoms with Gasteiger partial charge in [0.2, 0.25) is 0 Å². The number of carboxylic acid groups (broad SMARTS) is 1. The lowest BCUT2D eigenvalue weighted by Crippen LogP contribution is -2.08. The second-order valence-corrected chi connectivity index (χ2v) is 3.02. The molecule has 0 fully saturated rings. The molecule has 1 heterocycles. The van der Waals surface area contributed by atoms with Crippen LogP contribution >= 0.6 is 0 Å². The summed E-state index contributed by atoms with van der Waals surface area (Å²) in [7, 11) is 0. The van der Waals surface area contributed by atoms with E-state index in [2.05, 4.69) is 4.98 Å². The van der Waals surface area contributed by atoms with Crippen molar-refractivity contribution in [2.24, 2.45) is 0 Å². The zero-order chi connectivity index (χ0) is 11.9. The average molecular weight is 227 g/mol. The van der Waals surface area contributed by atoms with Gasteiger partial charge in [-0.2, -0.15) is 0 Å². The number of halogens is 3. The molecule has 0 aliphatic rings. The maximum absolute atomic E-state index is 13.5. The van der Waals surface area contributed by atoms with Crippen molar-refractivity contribution in [2.45, 2.75) is 0 Å². The highest BCUT2D eigenvalue weighted by Gasteiger charge is 2.25. The van der Waals surface area contributed by atoms with Crippen molar-refractivity contribution in [3.05, 3.63) is 41.3 Å². The lowest BCUT2D eigenvalue weighted by molar-refractivity contribution is 0.0685. The van der Waals surface area contributed by atoms with Gasteiger partial charge in [0, 0.05) is 11.6 Å². The van der Waals surface area contributed by atoms with Crippen LogP contribution in [0.2, 0.25) is 0 Å². The van der Waals surface area contributed by atoms with E-state index in [1.165, 1.54) is 6.07 Å². The van der Waals surface area contributed by atoms with E-state index in [0.29, 0.717) is 0 Å². The van der Waals surface area contributed by atoms with E-state index in [1.54, 1.807) is 0 Å². The highest BCUT2D eigenvalue weighted by molar-refractivity contribution is 5.94. The van der Waals surface area contributed by atoms with Gasteiger partial charge in [0.05, 0.1) is 0 Å². The Kier molecular flexibility index (Phi) is 2.26. The van der Waals surface area contributed by atoms with Crippen LogP contribution in [0.15, 0.2) is 18.3 Å². The molecular weight excluding hydrogens is 223 g/mol. The Morgan fingerprint density at radius 2 is 1.88 bits per heavy atom. The molecule has 0 amide bonds. The Hall–Kier alpha value is -2.11. The zero-order valence-electron chi connectivity index (χ0n) is 7.67. The van der Waals surface area contributed by atoms with Gasteiger partial charge in [-0.05, 0) is 12.1 Å². The van der Waals surface area contributed by atoms with E-state index in [4.69, 9.17) is 5.11 Å². The lowest BCUT2D eigenvalue weighted by atomic mass is 10.1. The molecule has 6 heteroatoms. The van der Waals surface area contributed by atoms with Gasteiger partial charge >= 0.3 is 5.97 Å². The van der Waals surface area contributed by atoms with E-state index in [0.717, 1.165) is 12.3 Å². The number of benzene rings is 1. The van der Waals surface area contributed by atoms with Crippen LogP contribution in [-0.4, -0.2) is 16.1 Å². The molecule has 1 aromatic heterocycles. The van der Waals surface area contributed by atoms with Gasteiger partial charge in [-0.1, -0.05) is 0 Å². The van der Waals surface area contributed by atoms with Crippen molar-refractivity contribution >= 4 is 16.9 Å². The predicted octanol–water partition coefficient (Wildman–Crippen LogP) is 2.35. The molecule has 0 saturated carbocycles. The van der Waals surface area contributed by atoms with Crippen LogP contribution in [0.3, 0.4) is 0 Å². The average Bonchev–Trinajstić information content (AvgIpc) is 2.26. The van der Waals surface area contributed by atoms with E-state index in [9.17, 15) is 18.0 Å². The first-order valence-electron chi connectivity index (χ1n) is 4.18. The Morgan fingerprint density at radius 3 is 2.50 bits per heavy atom. The predicted molar refractivity (Wildman–Crippen MR) is 48.6 cm³/mol. The summed E-state index contributed by atoms with van der Waals surface area (Å²) < 4.78 is 40.1. The number of carbonyl (C=O) groups is 1. The minimum Gasteiger partial charge on any atom is -0.477 e. The van der Waals surface area contributed by atoms with Crippen LogP contribution in [0.5, 0.6) is 0 Å². The van der Waals surface area contributed by atoms with Crippen molar-refractivity contribution in [2.75, 3.05) is 0 Å². The van der Waals surface area contributed by atoms with Gasteiger partial charge in [0.25, 0.3) is 0 Å². The van der Waals surface area contributed by atoms with Crippen LogP contribution in [0.1, 0.15) is 10.4 Å². The Balaban J connectivity index is 3.00. The van der Waals surface area contributed by atoms with E-state index < -0.39 is 34.5 Å². The molecule has 0 saturated heterocycles. The lowest BCUT2D eigenvalue weighted by Gasteiger charge is -2.05. The van der Waals surface area contributed by atoms with E-state index >= 15 is 0 Å². The Morgan fingerprint density at radius 1 is 1.19 bits per heavy atom.